The quantitative estimate of drug-likeness (QED) is 0.690. The van der Waals surface area contributed by atoms with Crippen molar-refractivity contribution >= 4 is 0 Å². The summed E-state index contributed by atoms with van der Waals surface area (Å²) < 4.78 is 13.9. The fourth-order valence-electron chi connectivity index (χ4n) is 2.57. The summed E-state index contributed by atoms with van der Waals surface area (Å²) in [6.45, 7) is 0.705. The van der Waals surface area contributed by atoms with Gasteiger partial charge < -0.3 is 15.5 Å². The van der Waals surface area contributed by atoms with Crippen LogP contribution in [0, 0.1) is 5.82 Å². The highest BCUT2D eigenvalue weighted by Crippen LogP contribution is 2.36. The van der Waals surface area contributed by atoms with Gasteiger partial charge in [-0.25, -0.2) is 4.39 Å². The second kappa shape index (κ2) is 4.55. The standard InChI is InChI=1S/C15H14FNO2/c16-12-4-2-1-3-10(12)15-11-8-14(19)13(18)7-9(11)5-6-17-15/h1-4,7-8,15,17-19H,5-6H2/t15-/m0/s1. The van der Waals surface area contributed by atoms with Crippen molar-refractivity contribution in [2.24, 2.45) is 0 Å². The minimum absolute atomic E-state index is 0.132. The molecule has 98 valence electrons. The Morgan fingerprint density at radius 1 is 1.05 bits per heavy atom. The summed E-state index contributed by atoms with van der Waals surface area (Å²) in [4.78, 5) is 0. The summed E-state index contributed by atoms with van der Waals surface area (Å²) in [5.74, 6) is -0.586. The van der Waals surface area contributed by atoms with Gasteiger partial charge in [0.1, 0.15) is 5.82 Å². The van der Waals surface area contributed by atoms with Gasteiger partial charge in [-0.1, -0.05) is 18.2 Å². The van der Waals surface area contributed by atoms with E-state index in [1.54, 1.807) is 24.3 Å². The number of halogens is 1. The molecular weight excluding hydrogens is 245 g/mol. The van der Waals surface area contributed by atoms with Crippen molar-refractivity contribution in [2.75, 3.05) is 6.54 Å². The van der Waals surface area contributed by atoms with E-state index < -0.39 is 0 Å². The van der Waals surface area contributed by atoms with E-state index in [9.17, 15) is 14.6 Å². The second-order valence-electron chi connectivity index (χ2n) is 4.70. The molecule has 3 nitrogen and oxygen atoms in total. The summed E-state index contributed by atoms with van der Waals surface area (Å²) >= 11 is 0. The topological polar surface area (TPSA) is 52.5 Å². The van der Waals surface area contributed by atoms with Crippen molar-refractivity contribution in [1.82, 2.24) is 5.32 Å². The van der Waals surface area contributed by atoms with Crippen LogP contribution in [0.15, 0.2) is 36.4 Å². The first-order chi connectivity index (χ1) is 9.16. The molecule has 1 heterocycles. The minimum atomic E-state index is -0.295. The lowest BCUT2D eigenvalue weighted by molar-refractivity contribution is 0.400. The number of hydrogen-bond acceptors (Lipinski definition) is 3. The SMILES string of the molecule is Oc1cc2c(cc1O)[C@H](c1ccccc1F)NCC2. The number of aromatic hydroxyl groups is 2. The summed E-state index contributed by atoms with van der Waals surface area (Å²) in [6, 6.07) is 9.35. The maximum Gasteiger partial charge on any atom is 0.157 e. The Morgan fingerprint density at radius 3 is 2.58 bits per heavy atom. The van der Waals surface area contributed by atoms with Crippen molar-refractivity contribution in [1.29, 1.82) is 0 Å². The van der Waals surface area contributed by atoms with E-state index in [2.05, 4.69) is 5.32 Å². The van der Waals surface area contributed by atoms with Crippen molar-refractivity contribution in [3.63, 3.8) is 0 Å². The Hall–Kier alpha value is -2.07. The highest BCUT2D eigenvalue weighted by molar-refractivity contribution is 5.50. The Morgan fingerprint density at radius 2 is 1.79 bits per heavy atom. The van der Waals surface area contributed by atoms with Crippen LogP contribution in [0.4, 0.5) is 4.39 Å². The fourth-order valence-corrected chi connectivity index (χ4v) is 2.57. The lowest BCUT2D eigenvalue weighted by Gasteiger charge is -2.28. The summed E-state index contributed by atoms with van der Waals surface area (Å²) in [5.41, 5.74) is 2.29. The van der Waals surface area contributed by atoms with Gasteiger partial charge in [0.05, 0.1) is 6.04 Å². The van der Waals surface area contributed by atoms with E-state index in [4.69, 9.17) is 0 Å². The van der Waals surface area contributed by atoms with Gasteiger partial charge >= 0.3 is 0 Å². The molecule has 2 aromatic carbocycles. The van der Waals surface area contributed by atoms with Crippen LogP contribution in [0.1, 0.15) is 22.7 Å². The van der Waals surface area contributed by atoms with E-state index in [-0.39, 0.29) is 23.4 Å². The van der Waals surface area contributed by atoms with Gasteiger partial charge in [0.15, 0.2) is 11.5 Å². The van der Waals surface area contributed by atoms with Gasteiger partial charge in [-0.3, -0.25) is 0 Å². The minimum Gasteiger partial charge on any atom is -0.504 e. The molecule has 0 unspecified atom stereocenters. The zero-order valence-electron chi connectivity index (χ0n) is 10.2. The van der Waals surface area contributed by atoms with Crippen LogP contribution in [-0.4, -0.2) is 16.8 Å². The van der Waals surface area contributed by atoms with Crippen LogP contribution in [0.2, 0.25) is 0 Å². The summed E-state index contributed by atoms with van der Waals surface area (Å²) in [7, 11) is 0. The highest BCUT2D eigenvalue weighted by atomic mass is 19.1. The van der Waals surface area contributed by atoms with Crippen LogP contribution < -0.4 is 5.32 Å². The average Bonchev–Trinajstić information content (AvgIpc) is 2.40. The molecule has 0 bridgehead atoms. The van der Waals surface area contributed by atoms with E-state index >= 15 is 0 Å². The van der Waals surface area contributed by atoms with Crippen LogP contribution in [-0.2, 0) is 6.42 Å². The number of rotatable bonds is 1. The normalized spacial score (nSPS) is 18.1. The molecule has 3 rings (SSSR count). The Balaban J connectivity index is 2.13. The zero-order chi connectivity index (χ0) is 13.4. The molecule has 0 saturated heterocycles. The van der Waals surface area contributed by atoms with E-state index in [0.29, 0.717) is 12.1 Å². The molecule has 2 aromatic rings. The van der Waals surface area contributed by atoms with Gasteiger partial charge in [0.25, 0.3) is 0 Å². The lowest BCUT2D eigenvalue weighted by Crippen LogP contribution is -2.31. The van der Waals surface area contributed by atoms with Crippen molar-refractivity contribution in [3.8, 4) is 11.5 Å². The first-order valence-electron chi connectivity index (χ1n) is 6.19. The van der Waals surface area contributed by atoms with Gasteiger partial charge in [-0.05, 0) is 35.7 Å². The summed E-state index contributed by atoms with van der Waals surface area (Å²) in [5, 5.41) is 22.4. The molecule has 0 aromatic heterocycles. The van der Waals surface area contributed by atoms with E-state index in [1.165, 1.54) is 12.1 Å². The van der Waals surface area contributed by atoms with E-state index in [1.807, 2.05) is 0 Å². The largest absolute Gasteiger partial charge is 0.504 e. The zero-order valence-corrected chi connectivity index (χ0v) is 10.2. The molecule has 0 fully saturated rings. The number of phenols is 2. The molecule has 0 radical (unpaired) electrons. The Kier molecular flexibility index (Phi) is 2.87. The van der Waals surface area contributed by atoms with Gasteiger partial charge in [0, 0.05) is 12.1 Å². The Labute approximate surface area is 110 Å². The first kappa shape index (κ1) is 12.0. The van der Waals surface area contributed by atoms with Crippen LogP contribution in [0.3, 0.4) is 0 Å². The van der Waals surface area contributed by atoms with Crippen LogP contribution in [0.5, 0.6) is 11.5 Å². The lowest BCUT2D eigenvalue weighted by atomic mass is 9.89. The number of benzene rings is 2. The van der Waals surface area contributed by atoms with Gasteiger partial charge in [-0.2, -0.15) is 0 Å². The van der Waals surface area contributed by atoms with Crippen molar-refractivity contribution in [2.45, 2.75) is 12.5 Å². The molecule has 1 atom stereocenters. The molecule has 0 spiro atoms. The summed E-state index contributed by atoms with van der Waals surface area (Å²) in [6.07, 6.45) is 0.744. The highest BCUT2D eigenvalue weighted by Gasteiger charge is 2.24. The third kappa shape index (κ3) is 2.04. The number of nitrogens with one attached hydrogen (secondary N) is 1. The molecule has 0 aliphatic carbocycles. The second-order valence-corrected chi connectivity index (χ2v) is 4.70. The molecule has 3 N–H and O–H groups in total. The monoisotopic (exact) mass is 259 g/mol. The van der Waals surface area contributed by atoms with Crippen molar-refractivity contribution < 1.29 is 14.6 Å². The number of hydrogen-bond donors (Lipinski definition) is 3. The molecular formula is C15H14FNO2. The van der Waals surface area contributed by atoms with E-state index in [0.717, 1.165) is 17.5 Å². The Bertz CT molecular complexity index is 628. The predicted molar refractivity (Wildman–Crippen MR) is 69.7 cm³/mol. The molecule has 19 heavy (non-hydrogen) atoms. The first-order valence-corrected chi connectivity index (χ1v) is 6.19. The van der Waals surface area contributed by atoms with Crippen LogP contribution in [0.25, 0.3) is 0 Å². The predicted octanol–water partition coefficient (Wildman–Crippen LogP) is 2.47. The smallest absolute Gasteiger partial charge is 0.157 e. The number of phenolic OH excluding ortho intramolecular Hbond substituents is 2. The van der Waals surface area contributed by atoms with Gasteiger partial charge in [-0.15, -0.1) is 0 Å². The maximum atomic E-state index is 13.9. The van der Waals surface area contributed by atoms with Crippen LogP contribution >= 0.6 is 0 Å². The fraction of sp³-hybridized carbons (Fsp3) is 0.200. The molecule has 1 aliphatic rings. The molecule has 4 heteroatoms. The average molecular weight is 259 g/mol. The third-order valence-electron chi connectivity index (χ3n) is 3.51. The molecule has 0 saturated carbocycles. The van der Waals surface area contributed by atoms with Crippen molar-refractivity contribution in [3.05, 3.63) is 58.9 Å². The van der Waals surface area contributed by atoms with Gasteiger partial charge in [0.2, 0.25) is 0 Å². The molecule has 0 amide bonds. The maximum absolute atomic E-state index is 13.9. The molecule has 1 aliphatic heterocycles. The third-order valence-corrected chi connectivity index (χ3v) is 3.51. The number of fused-ring (bicyclic) bond motifs is 1.